The number of hydrogen-bond donors (Lipinski definition) is 1. The Bertz CT molecular complexity index is 737. The van der Waals surface area contributed by atoms with E-state index < -0.39 is 0 Å². The van der Waals surface area contributed by atoms with Crippen molar-refractivity contribution in [3.8, 4) is 17.2 Å². The predicted octanol–water partition coefficient (Wildman–Crippen LogP) is 3.76. The molecule has 0 aromatic heterocycles. The van der Waals surface area contributed by atoms with Gasteiger partial charge in [0.2, 0.25) is 0 Å². The third-order valence-electron chi connectivity index (χ3n) is 4.16. The van der Waals surface area contributed by atoms with Crippen molar-refractivity contribution < 1.29 is 14.6 Å². The van der Waals surface area contributed by atoms with Crippen molar-refractivity contribution in [2.24, 2.45) is 4.99 Å². The van der Waals surface area contributed by atoms with Gasteiger partial charge in [-0.25, -0.2) is 0 Å². The normalized spacial score (nSPS) is 14.3. The molecule has 0 atom stereocenters. The molecule has 1 aliphatic heterocycles. The van der Waals surface area contributed by atoms with Gasteiger partial charge in [-0.2, -0.15) is 0 Å². The number of nitrogens with zero attached hydrogens (tertiary/aromatic N) is 2. The van der Waals surface area contributed by atoms with Crippen LogP contribution in [0.25, 0.3) is 0 Å². The van der Waals surface area contributed by atoms with Crippen LogP contribution in [0, 0.1) is 0 Å². The number of ether oxygens (including phenoxy) is 2. The van der Waals surface area contributed by atoms with Gasteiger partial charge in [0.15, 0.2) is 0 Å². The molecule has 24 heavy (non-hydrogen) atoms. The van der Waals surface area contributed by atoms with Crippen molar-refractivity contribution in [1.29, 1.82) is 0 Å². The fourth-order valence-electron chi connectivity index (χ4n) is 2.93. The summed E-state index contributed by atoms with van der Waals surface area (Å²) in [6, 6.07) is 10.8. The first-order chi connectivity index (χ1) is 11.7. The lowest BCUT2D eigenvalue weighted by atomic mass is 10.1. The number of methoxy groups -OCH3 is 2. The Hall–Kier alpha value is -2.69. The van der Waals surface area contributed by atoms with Crippen LogP contribution in [0.4, 0.5) is 11.4 Å². The summed E-state index contributed by atoms with van der Waals surface area (Å²) in [5.41, 5.74) is 2.57. The number of hydrogen-bond acceptors (Lipinski definition) is 5. The summed E-state index contributed by atoms with van der Waals surface area (Å²) >= 11 is 0. The second-order valence-electron chi connectivity index (χ2n) is 5.74. The molecule has 5 heteroatoms. The maximum absolute atomic E-state index is 9.53. The molecule has 1 aliphatic rings. The molecule has 0 aliphatic carbocycles. The average Bonchev–Trinajstić information content (AvgIpc) is 3.13. The summed E-state index contributed by atoms with van der Waals surface area (Å²) in [5.74, 6) is 1.76. The smallest absolute Gasteiger partial charge is 0.143 e. The van der Waals surface area contributed by atoms with Crippen LogP contribution in [0.15, 0.2) is 41.4 Å². The van der Waals surface area contributed by atoms with Crippen molar-refractivity contribution >= 4 is 17.6 Å². The van der Waals surface area contributed by atoms with E-state index in [1.54, 1.807) is 38.6 Å². The predicted molar refractivity (Wildman–Crippen MR) is 96.4 cm³/mol. The molecule has 2 aromatic carbocycles. The monoisotopic (exact) mass is 326 g/mol. The van der Waals surface area contributed by atoms with Gasteiger partial charge in [-0.15, -0.1) is 0 Å². The van der Waals surface area contributed by atoms with Gasteiger partial charge in [0.25, 0.3) is 0 Å². The van der Waals surface area contributed by atoms with Crippen LogP contribution in [0.1, 0.15) is 18.4 Å². The summed E-state index contributed by atoms with van der Waals surface area (Å²) in [4.78, 5) is 6.73. The van der Waals surface area contributed by atoms with Gasteiger partial charge in [0.1, 0.15) is 17.2 Å². The molecule has 0 radical (unpaired) electrons. The molecule has 3 rings (SSSR count). The molecule has 1 N–H and O–H groups in total. The van der Waals surface area contributed by atoms with E-state index in [0.29, 0.717) is 5.69 Å². The Kier molecular flexibility index (Phi) is 4.89. The minimum Gasteiger partial charge on any atom is -0.508 e. The molecular weight excluding hydrogens is 304 g/mol. The van der Waals surface area contributed by atoms with Crippen LogP contribution in [0.2, 0.25) is 0 Å². The first kappa shape index (κ1) is 16.2. The van der Waals surface area contributed by atoms with Crippen molar-refractivity contribution in [3.63, 3.8) is 0 Å². The van der Waals surface area contributed by atoms with Crippen molar-refractivity contribution in [2.45, 2.75) is 12.8 Å². The third kappa shape index (κ3) is 3.45. The Morgan fingerprint density at radius 2 is 1.79 bits per heavy atom. The third-order valence-corrected chi connectivity index (χ3v) is 4.16. The second-order valence-corrected chi connectivity index (χ2v) is 5.74. The zero-order valence-corrected chi connectivity index (χ0v) is 14.0. The number of aromatic hydroxyl groups is 1. The van der Waals surface area contributed by atoms with Crippen LogP contribution in [-0.4, -0.2) is 38.6 Å². The largest absolute Gasteiger partial charge is 0.508 e. The lowest BCUT2D eigenvalue weighted by Crippen LogP contribution is -2.18. The van der Waals surface area contributed by atoms with Crippen LogP contribution >= 0.6 is 0 Å². The van der Waals surface area contributed by atoms with E-state index in [1.165, 1.54) is 12.8 Å². The van der Waals surface area contributed by atoms with Crippen LogP contribution in [0.5, 0.6) is 17.2 Å². The molecule has 0 saturated carbocycles. The van der Waals surface area contributed by atoms with Gasteiger partial charge in [0, 0.05) is 37.0 Å². The zero-order valence-electron chi connectivity index (χ0n) is 14.0. The van der Waals surface area contributed by atoms with Crippen LogP contribution in [-0.2, 0) is 0 Å². The molecule has 5 nitrogen and oxygen atoms in total. The number of phenolic OH excluding ortho intramolecular Hbond substituents is 1. The molecule has 1 heterocycles. The SMILES string of the molecule is COc1cc(N2CCCC2)c(OC)cc1C=Nc1cccc(O)c1. The minimum atomic E-state index is 0.193. The van der Waals surface area contributed by atoms with Gasteiger partial charge >= 0.3 is 0 Å². The maximum atomic E-state index is 9.53. The minimum absolute atomic E-state index is 0.193. The highest BCUT2D eigenvalue weighted by Gasteiger charge is 2.19. The summed E-state index contributed by atoms with van der Waals surface area (Å²) in [5, 5.41) is 9.53. The molecular formula is C19H22N2O3. The van der Waals surface area contributed by atoms with Crippen molar-refractivity contribution in [3.05, 3.63) is 42.0 Å². The highest BCUT2D eigenvalue weighted by atomic mass is 16.5. The first-order valence-corrected chi connectivity index (χ1v) is 8.05. The van der Waals surface area contributed by atoms with E-state index in [2.05, 4.69) is 9.89 Å². The molecule has 2 aromatic rings. The van der Waals surface area contributed by atoms with Gasteiger partial charge in [0.05, 0.1) is 25.6 Å². The summed E-state index contributed by atoms with van der Waals surface area (Å²) in [6.45, 7) is 2.08. The second kappa shape index (κ2) is 7.25. The Labute approximate surface area is 142 Å². The molecule has 0 unspecified atom stereocenters. The Morgan fingerprint density at radius 3 is 2.46 bits per heavy atom. The zero-order chi connectivity index (χ0) is 16.9. The highest BCUT2D eigenvalue weighted by molar-refractivity contribution is 5.88. The van der Waals surface area contributed by atoms with E-state index in [4.69, 9.17) is 9.47 Å². The van der Waals surface area contributed by atoms with Gasteiger partial charge in [-0.3, -0.25) is 4.99 Å². The molecule has 0 bridgehead atoms. The van der Waals surface area contributed by atoms with E-state index in [-0.39, 0.29) is 5.75 Å². The lowest BCUT2D eigenvalue weighted by Gasteiger charge is -2.22. The van der Waals surface area contributed by atoms with Gasteiger partial charge < -0.3 is 19.5 Å². The number of rotatable bonds is 5. The molecule has 1 fully saturated rings. The van der Waals surface area contributed by atoms with E-state index in [0.717, 1.165) is 35.8 Å². The van der Waals surface area contributed by atoms with Crippen molar-refractivity contribution in [1.82, 2.24) is 0 Å². The summed E-state index contributed by atoms with van der Waals surface area (Å²) < 4.78 is 11.1. The van der Waals surface area contributed by atoms with Crippen LogP contribution < -0.4 is 14.4 Å². The molecule has 1 saturated heterocycles. The standard InChI is InChI=1S/C19H22N2O3/c1-23-18-12-17(21-8-3-4-9-21)19(24-2)10-14(18)13-20-15-6-5-7-16(22)11-15/h5-7,10-13,22H,3-4,8-9H2,1-2H3. The van der Waals surface area contributed by atoms with Gasteiger partial charge in [-0.05, 0) is 31.0 Å². The van der Waals surface area contributed by atoms with E-state index in [9.17, 15) is 5.11 Å². The molecule has 0 amide bonds. The summed E-state index contributed by atoms with van der Waals surface area (Å²) in [7, 11) is 3.33. The fourth-order valence-corrected chi connectivity index (χ4v) is 2.93. The maximum Gasteiger partial charge on any atom is 0.143 e. The molecule has 126 valence electrons. The highest BCUT2D eigenvalue weighted by Crippen LogP contribution is 2.36. The van der Waals surface area contributed by atoms with E-state index in [1.807, 2.05) is 18.2 Å². The number of benzene rings is 2. The number of aliphatic imine (C=N–C) groups is 1. The van der Waals surface area contributed by atoms with Crippen molar-refractivity contribution in [2.75, 3.05) is 32.2 Å². The Balaban J connectivity index is 1.95. The fraction of sp³-hybridized carbons (Fsp3) is 0.316. The summed E-state index contributed by atoms with van der Waals surface area (Å²) in [6.07, 6.45) is 4.13. The van der Waals surface area contributed by atoms with E-state index >= 15 is 0 Å². The van der Waals surface area contributed by atoms with Crippen LogP contribution in [0.3, 0.4) is 0 Å². The Morgan fingerprint density at radius 1 is 1.04 bits per heavy atom. The number of phenols is 1. The number of anilines is 1. The topological polar surface area (TPSA) is 54.3 Å². The van der Waals surface area contributed by atoms with Gasteiger partial charge in [-0.1, -0.05) is 6.07 Å². The molecule has 0 spiro atoms. The average molecular weight is 326 g/mol. The quantitative estimate of drug-likeness (QED) is 0.850. The lowest BCUT2D eigenvalue weighted by molar-refractivity contribution is 0.402. The first-order valence-electron chi connectivity index (χ1n) is 8.05.